The minimum atomic E-state index is -0.485. The van der Waals surface area contributed by atoms with E-state index in [1.807, 2.05) is 6.92 Å². The van der Waals surface area contributed by atoms with Gasteiger partial charge in [-0.25, -0.2) is 4.39 Å². The molecule has 0 N–H and O–H groups in total. The number of unbranched alkanes of at least 4 members (excludes halogenated alkanes) is 3. The first-order valence-corrected chi connectivity index (χ1v) is 7.49. The molecular formula is C17H25FO2. The van der Waals surface area contributed by atoms with E-state index in [1.54, 1.807) is 6.92 Å². The maximum Gasteiger partial charge on any atom is 0.191 e. The number of Topliss-reactive ketones (excluding diaryl/α,β-unsaturated/α-hetero) is 1. The number of carbonyl (C=O) groups excluding carboxylic acids is 1. The Balaban J connectivity index is 2.39. The van der Waals surface area contributed by atoms with Gasteiger partial charge in [0.05, 0.1) is 6.10 Å². The van der Waals surface area contributed by atoms with Gasteiger partial charge in [0.2, 0.25) is 0 Å². The fourth-order valence-electron chi connectivity index (χ4n) is 2.19. The molecule has 1 rings (SSSR count). The van der Waals surface area contributed by atoms with E-state index < -0.39 is 6.10 Å². The summed E-state index contributed by atoms with van der Waals surface area (Å²) in [6, 6.07) is 5.61. The molecule has 20 heavy (non-hydrogen) atoms. The number of hydrogen-bond acceptors (Lipinski definition) is 2. The van der Waals surface area contributed by atoms with Gasteiger partial charge in [0.1, 0.15) is 11.9 Å². The Hall–Kier alpha value is -1.22. The second-order valence-electron chi connectivity index (χ2n) is 5.31. The number of ketones is 1. The monoisotopic (exact) mass is 280 g/mol. The van der Waals surface area contributed by atoms with Gasteiger partial charge < -0.3 is 4.74 Å². The van der Waals surface area contributed by atoms with Gasteiger partial charge in [-0.3, -0.25) is 4.79 Å². The van der Waals surface area contributed by atoms with Gasteiger partial charge in [-0.2, -0.15) is 0 Å². The van der Waals surface area contributed by atoms with Gasteiger partial charge in [-0.15, -0.1) is 0 Å². The van der Waals surface area contributed by atoms with E-state index in [4.69, 9.17) is 4.74 Å². The highest BCUT2D eigenvalue weighted by Gasteiger charge is 2.18. The van der Waals surface area contributed by atoms with E-state index in [0.717, 1.165) is 12.8 Å². The van der Waals surface area contributed by atoms with Crippen LogP contribution in [-0.2, 0) is 4.74 Å². The number of benzene rings is 1. The van der Waals surface area contributed by atoms with E-state index >= 15 is 0 Å². The molecule has 2 atom stereocenters. The predicted molar refractivity (Wildman–Crippen MR) is 79.5 cm³/mol. The molecule has 0 aliphatic carbocycles. The van der Waals surface area contributed by atoms with Crippen LogP contribution in [0.2, 0.25) is 0 Å². The van der Waals surface area contributed by atoms with Gasteiger partial charge in [0.15, 0.2) is 5.78 Å². The minimum absolute atomic E-state index is 0.0752. The third-order valence-corrected chi connectivity index (χ3v) is 3.40. The van der Waals surface area contributed by atoms with Crippen molar-refractivity contribution in [2.45, 2.75) is 65.1 Å². The zero-order valence-corrected chi connectivity index (χ0v) is 12.7. The standard InChI is InChI=1S/C17H25FO2/c1-4-5-6-7-8-13(2)20-14(3)17(19)15-9-11-16(18)12-10-15/h9-14H,4-8H2,1-3H3. The molecule has 0 fully saturated rings. The Bertz CT molecular complexity index is 400. The lowest BCUT2D eigenvalue weighted by Crippen LogP contribution is -2.25. The van der Waals surface area contributed by atoms with E-state index in [0.29, 0.717) is 5.56 Å². The van der Waals surface area contributed by atoms with Crippen molar-refractivity contribution in [3.63, 3.8) is 0 Å². The van der Waals surface area contributed by atoms with E-state index in [1.165, 1.54) is 43.5 Å². The van der Waals surface area contributed by atoms with Crippen molar-refractivity contribution in [2.75, 3.05) is 0 Å². The van der Waals surface area contributed by atoms with Crippen molar-refractivity contribution in [2.24, 2.45) is 0 Å². The van der Waals surface area contributed by atoms with Crippen molar-refractivity contribution in [1.82, 2.24) is 0 Å². The molecule has 0 heterocycles. The minimum Gasteiger partial charge on any atom is -0.367 e. The second kappa shape index (κ2) is 8.85. The Kier molecular flexibility index (Phi) is 7.45. The highest BCUT2D eigenvalue weighted by molar-refractivity contribution is 5.99. The summed E-state index contributed by atoms with van der Waals surface area (Å²) in [5, 5.41) is 0. The number of hydrogen-bond donors (Lipinski definition) is 0. The molecule has 0 aromatic heterocycles. The SMILES string of the molecule is CCCCCCC(C)OC(C)C(=O)c1ccc(F)cc1. The van der Waals surface area contributed by atoms with Gasteiger partial charge >= 0.3 is 0 Å². The summed E-state index contributed by atoms with van der Waals surface area (Å²) in [5.41, 5.74) is 0.497. The zero-order chi connectivity index (χ0) is 15.0. The van der Waals surface area contributed by atoms with E-state index in [-0.39, 0.29) is 17.7 Å². The van der Waals surface area contributed by atoms with Crippen LogP contribution in [0, 0.1) is 5.82 Å². The Morgan fingerprint density at radius 1 is 1.15 bits per heavy atom. The lowest BCUT2D eigenvalue weighted by Gasteiger charge is -2.18. The highest BCUT2D eigenvalue weighted by atomic mass is 19.1. The van der Waals surface area contributed by atoms with Gasteiger partial charge in [0.25, 0.3) is 0 Å². The normalized spacial score (nSPS) is 14.0. The predicted octanol–water partition coefficient (Wildman–Crippen LogP) is 4.77. The second-order valence-corrected chi connectivity index (χ2v) is 5.31. The summed E-state index contributed by atoms with van der Waals surface area (Å²) in [4.78, 5) is 12.1. The highest BCUT2D eigenvalue weighted by Crippen LogP contribution is 2.13. The maximum absolute atomic E-state index is 12.8. The van der Waals surface area contributed by atoms with Crippen LogP contribution in [0.5, 0.6) is 0 Å². The first-order chi connectivity index (χ1) is 9.54. The summed E-state index contributed by atoms with van der Waals surface area (Å²) in [6.07, 6.45) is 5.37. The van der Waals surface area contributed by atoms with Gasteiger partial charge in [-0.05, 0) is 44.5 Å². The van der Waals surface area contributed by atoms with Crippen LogP contribution in [0.4, 0.5) is 4.39 Å². The largest absolute Gasteiger partial charge is 0.367 e. The van der Waals surface area contributed by atoms with Crippen molar-refractivity contribution >= 4 is 5.78 Å². The van der Waals surface area contributed by atoms with Crippen LogP contribution in [0.25, 0.3) is 0 Å². The molecule has 0 aliphatic heterocycles. The third-order valence-electron chi connectivity index (χ3n) is 3.40. The van der Waals surface area contributed by atoms with Crippen LogP contribution in [0.3, 0.4) is 0 Å². The van der Waals surface area contributed by atoms with Crippen molar-refractivity contribution in [1.29, 1.82) is 0 Å². The summed E-state index contributed by atoms with van der Waals surface area (Å²) in [7, 11) is 0. The van der Waals surface area contributed by atoms with Crippen molar-refractivity contribution in [3.8, 4) is 0 Å². The molecular weight excluding hydrogens is 255 g/mol. The summed E-state index contributed by atoms with van der Waals surface area (Å²) >= 11 is 0. The lowest BCUT2D eigenvalue weighted by atomic mass is 10.1. The molecule has 0 saturated heterocycles. The van der Waals surface area contributed by atoms with Crippen LogP contribution in [0.1, 0.15) is 63.2 Å². The number of halogens is 1. The molecule has 3 heteroatoms. The van der Waals surface area contributed by atoms with Crippen LogP contribution < -0.4 is 0 Å². The third kappa shape index (κ3) is 5.83. The average Bonchev–Trinajstić information content (AvgIpc) is 2.43. The fraction of sp³-hybridized carbons (Fsp3) is 0.588. The first kappa shape index (κ1) is 16.8. The topological polar surface area (TPSA) is 26.3 Å². The lowest BCUT2D eigenvalue weighted by molar-refractivity contribution is 0.00833. The molecule has 1 aromatic carbocycles. The van der Waals surface area contributed by atoms with Gasteiger partial charge in [0, 0.05) is 5.56 Å². The quantitative estimate of drug-likeness (QED) is 0.481. The summed E-state index contributed by atoms with van der Waals surface area (Å²) in [5.74, 6) is -0.426. The average molecular weight is 280 g/mol. The smallest absolute Gasteiger partial charge is 0.191 e. The Labute approximate surface area is 121 Å². The number of ether oxygens (including phenoxy) is 1. The molecule has 1 aromatic rings. The molecule has 0 amide bonds. The zero-order valence-electron chi connectivity index (χ0n) is 12.7. The Morgan fingerprint density at radius 3 is 2.40 bits per heavy atom. The number of carbonyl (C=O) groups is 1. The van der Waals surface area contributed by atoms with Crippen molar-refractivity contribution in [3.05, 3.63) is 35.6 Å². The van der Waals surface area contributed by atoms with E-state index in [2.05, 4.69) is 6.92 Å². The molecule has 0 aliphatic rings. The Morgan fingerprint density at radius 2 is 1.80 bits per heavy atom. The first-order valence-electron chi connectivity index (χ1n) is 7.49. The number of rotatable bonds is 9. The van der Waals surface area contributed by atoms with Crippen LogP contribution >= 0.6 is 0 Å². The van der Waals surface area contributed by atoms with Gasteiger partial charge in [-0.1, -0.05) is 32.6 Å². The molecule has 2 unspecified atom stereocenters. The maximum atomic E-state index is 12.8. The van der Waals surface area contributed by atoms with E-state index in [9.17, 15) is 9.18 Å². The molecule has 2 nitrogen and oxygen atoms in total. The molecule has 112 valence electrons. The van der Waals surface area contributed by atoms with Crippen LogP contribution in [0.15, 0.2) is 24.3 Å². The fourth-order valence-corrected chi connectivity index (χ4v) is 2.19. The summed E-state index contributed by atoms with van der Waals surface area (Å²) < 4.78 is 18.6. The molecule has 0 spiro atoms. The van der Waals surface area contributed by atoms with Crippen LogP contribution in [-0.4, -0.2) is 18.0 Å². The summed E-state index contributed by atoms with van der Waals surface area (Å²) in [6.45, 7) is 5.94. The molecule has 0 bridgehead atoms. The molecule has 0 saturated carbocycles. The molecule has 0 radical (unpaired) electrons. The van der Waals surface area contributed by atoms with Crippen molar-refractivity contribution < 1.29 is 13.9 Å².